The molecule has 5 rings (SSSR count). The highest BCUT2D eigenvalue weighted by Gasteiger charge is 2.38. The fourth-order valence-corrected chi connectivity index (χ4v) is 4.73. The predicted molar refractivity (Wildman–Crippen MR) is 111 cm³/mol. The molecule has 1 aliphatic carbocycles. The van der Waals surface area contributed by atoms with Gasteiger partial charge in [-0.15, -0.1) is 0 Å². The molecule has 1 saturated carbocycles. The van der Waals surface area contributed by atoms with Crippen LogP contribution in [0.15, 0.2) is 40.8 Å². The number of rotatable bonds is 4. The van der Waals surface area contributed by atoms with Gasteiger partial charge in [-0.1, -0.05) is 31.0 Å². The Morgan fingerprint density at radius 3 is 2.72 bits per heavy atom. The second-order valence-corrected chi connectivity index (χ2v) is 8.02. The summed E-state index contributed by atoms with van der Waals surface area (Å²) in [5.74, 6) is 0.193. The van der Waals surface area contributed by atoms with Gasteiger partial charge in [0, 0.05) is 35.8 Å². The second kappa shape index (κ2) is 7.10. The molecule has 150 valence electrons. The van der Waals surface area contributed by atoms with Crippen molar-refractivity contribution in [3.63, 3.8) is 0 Å². The van der Waals surface area contributed by atoms with Crippen LogP contribution in [0.1, 0.15) is 32.1 Å². The standard InChI is InChI=1S/C23H24N2O4/c1-28-21-11-17-16-8-4-5-9-19(16)29-20(17)12-18(21)24-23(27)14-10-22(26)25(13-14)15-6-2-3-7-15/h4-5,8-9,11-12,14-15H,2-3,6-7,10,13H2,1H3,(H,24,27). The van der Waals surface area contributed by atoms with Crippen molar-refractivity contribution in [2.75, 3.05) is 19.0 Å². The van der Waals surface area contributed by atoms with Crippen molar-refractivity contribution in [1.29, 1.82) is 0 Å². The van der Waals surface area contributed by atoms with Crippen molar-refractivity contribution in [2.45, 2.75) is 38.1 Å². The third kappa shape index (κ3) is 3.12. The lowest BCUT2D eigenvalue weighted by Gasteiger charge is -2.24. The molecule has 1 atom stereocenters. The molecule has 1 unspecified atom stereocenters. The van der Waals surface area contributed by atoms with Gasteiger partial charge in [-0.3, -0.25) is 9.59 Å². The largest absolute Gasteiger partial charge is 0.495 e. The number of fused-ring (bicyclic) bond motifs is 3. The molecule has 2 heterocycles. The molecule has 0 bridgehead atoms. The number of carbonyl (C=O) groups excluding carboxylic acids is 2. The number of methoxy groups -OCH3 is 1. The van der Waals surface area contributed by atoms with E-state index in [1.165, 1.54) is 12.8 Å². The lowest BCUT2D eigenvalue weighted by molar-refractivity contribution is -0.129. The molecular formula is C23H24N2O4. The van der Waals surface area contributed by atoms with Crippen molar-refractivity contribution in [3.8, 4) is 5.75 Å². The van der Waals surface area contributed by atoms with Crippen LogP contribution in [0, 0.1) is 5.92 Å². The molecule has 3 aromatic rings. The molecule has 1 aromatic heterocycles. The van der Waals surface area contributed by atoms with Crippen LogP contribution in [0.3, 0.4) is 0 Å². The number of amides is 2. The quantitative estimate of drug-likeness (QED) is 0.718. The number of ether oxygens (including phenoxy) is 1. The maximum Gasteiger partial charge on any atom is 0.229 e. The van der Waals surface area contributed by atoms with Crippen LogP contribution in [0.5, 0.6) is 5.75 Å². The molecular weight excluding hydrogens is 368 g/mol. The predicted octanol–water partition coefficient (Wildman–Crippen LogP) is 4.32. The SMILES string of the molecule is COc1cc2c(cc1NC(=O)C1CC(=O)N(C3CCCC3)C1)oc1ccccc12. The molecule has 1 aliphatic heterocycles. The Morgan fingerprint density at radius 2 is 1.93 bits per heavy atom. The highest BCUT2D eigenvalue weighted by molar-refractivity contribution is 6.08. The molecule has 29 heavy (non-hydrogen) atoms. The Kier molecular flexibility index (Phi) is 4.42. The number of likely N-dealkylation sites (tertiary alicyclic amines) is 1. The summed E-state index contributed by atoms with van der Waals surface area (Å²) < 4.78 is 11.5. The van der Waals surface area contributed by atoms with Gasteiger partial charge in [0.25, 0.3) is 0 Å². The van der Waals surface area contributed by atoms with E-state index >= 15 is 0 Å². The summed E-state index contributed by atoms with van der Waals surface area (Å²) in [7, 11) is 1.58. The molecule has 2 aromatic carbocycles. The van der Waals surface area contributed by atoms with Crippen molar-refractivity contribution in [3.05, 3.63) is 36.4 Å². The first-order valence-corrected chi connectivity index (χ1v) is 10.2. The first-order valence-electron chi connectivity index (χ1n) is 10.2. The zero-order valence-corrected chi connectivity index (χ0v) is 16.4. The number of carbonyl (C=O) groups is 2. The van der Waals surface area contributed by atoms with Gasteiger partial charge < -0.3 is 19.4 Å². The van der Waals surface area contributed by atoms with Crippen LogP contribution in [0.2, 0.25) is 0 Å². The summed E-state index contributed by atoms with van der Waals surface area (Å²) in [5.41, 5.74) is 2.05. The van der Waals surface area contributed by atoms with Crippen LogP contribution in [0.25, 0.3) is 21.9 Å². The third-order valence-corrected chi connectivity index (χ3v) is 6.25. The van der Waals surface area contributed by atoms with Crippen molar-refractivity contribution in [1.82, 2.24) is 4.90 Å². The first kappa shape index (κ1) is 18.0. The number of nitrogens with zero attached hydrogens (tertiary/aromatic N) is 1. The zero-order valence-electron chi connectivity index (χ0n) is 16.4. The van der Waals surface area contributed by atoms with Crippen LogP contribution in [-0.4, -0.2) is 36.4 Å². The van der Waals surface area contributed by atoms with Crippen molar-refractivity contribution >= 4 is 39.4 Å². The van der Waals surface area contributed by atoms with Crippen LogP contribution in [-0.2, 0) is 9.59 Å². The molecule has 2 amide bonds. The summed E-state index contributed by atoms with van der Waals surface area (Å²) in [6.45, 7) is 0.504. The van der Waals surface area contributed by atoms with Gasteiger partial charge in [0.05, 0.1) is 18.7 Å². The number of furan rings is 1. The average molecular weight is 392 g/mol. The maximum absolute atomic E-state index is 12.9. The topological polar surface area (TPSA) is 71.8 Å². The first-order chi connectivity index (χ1) is 14.1. The molecule has 6 heteroatoms. The minimum absolute atomic E-state index is 0.0942. The fraction of sp³-hybridized carbons (Fsp3) is 0.391. The summed E-state index contributed by atoms with van der Waals surface area (Å²) in [6.07, 6.45) is 4.71. The summed E-state index contributed by atoms with van der Waals surface area (Å²) in [6, 6.07) is 11.8. The Morgan fingerprint density at radius 1 is 1.14 bits per heavy atom. The van der Waals surface area contributed by atoms with E-state index < -0.39 is 0 Å². The number of hydrogen-bond acceptors (Lipinski definition) is 4. The monoisotopic (exact) mass is 392 g/mol. The molecule has 2 fully saturated rings. The van der Waals surface area contributed by atoms with Gasteiger partial charge in [-0.05, 0) is 25.0 Å². The van der Waals surface area contributed by atoms with Crippen molar-refractivity contribution in [2.24, 2.45) is 5.92 Å². The minimum atomic E-state index is -0.334. The molecule has 6 nitrogen and oxygen atoms in total. The number of nitrogens with one attached hydrogen (secondary N) is 1. The minimum Gasteiger partial charge on any atom is -0.495 e. The summed E-state index contributed by atoms with van der Waals surface area (Å²) in [5, 5.41) is 4.92. The number of para-hydroxylation sites is 1. The van der Waals surface area contributed by atoms with Gasteiger partial charge in [0.2, 0.25) is 11.8 Å². The number of benzene rings is 2. The zero-order chi connectivity index (χ0) is 20.0. The van der Waals surface area contributed by atoms with E-state index in [9.17, 15) is 9.59 Å². The lowest BCUT2D eigenvalue weighted by Crippen LogP contribution is -2.35. The van der Waals surface area contributed by atoms with Gasteiger partial charge >= 0.3 is 0 Å². The van der Waals surface area contributed by atoms with E-state index in [1.54, 1.807) is 13.2 Å². The van der Waals surface area contributed by atoms with E-state index in [0.717, 1.165) is 29.2 Å². The lowest BCUT2D eigenvalue weighted by atomic mass is 10.1. The Balaban J connectivity index is 1.40. The highest BCUT2D eigenvalue weighted by atomic mass is 16.5. The molecule has 1 saturated heterocycles. The van der Waals surface area contributed by atoms with Gasteiger partial charge in [-0.25, -0.2) is 0 Å². The summed E-state index contributed by atoms with van der Waals surface area (Å²) >= 11 is 0. The molecule has 0 spiro atoms. The van der Waals surface area contributed by atoms with Crippen LogP contribution in [0.4, 0.5) is 5.69 Å². The Bertz CT molecular complexity index is 1100. The molecule has 2 aliphatic rings. The smallest absolute Gasteiger partial charge is 0.229 e. The van der Waals surface area contributed by atoms with Crippen molar-refractivity contribution < 1.29 is 18.7 Å². The average Bonchev–Trinajstić information content (AvgIpc) is 3.45. The normalized spacial score (nSPS) is 20.1. The number of anilines is 1. The summed E-state index contributed by atoms with van der Waals surface area (Å²) in [4.78, 5) is 27.3. The number of hydrogen-bond donors (Lipinski definition) is 1. The molecule has 0 radical (unpaired) electrons. The second-order valence-electron chi connectivity index (χ2n) is 8.02. The van der Waals surface area contributed by atoms with E-state index in [4.69, 9.17) is 9.15 Å². The fourth-order valence-electron chi connectivity index (χ4n) is 4.73. The van der Waals surface area contributed by atoms with Crippen LogP contribution < -0.4 is 10.1 Å². The Labute approximate surface area is 168 Å². The van der Waals surface area contributed by atoms with Gasteiger partial charge in [0.15, 0.2) is 0 Å². The van der Waals surface area contributed by atoms with E-state index in [0.29, 0.717) is 29.6 Å². The van der Waals surface area contributed by atoms with E-state index in [-0.39, 0.29) is 24.2 Å². The van der Waals surface area contributed by atoms with Gasteiger partial charge in [-0.2, -0.15) is 0 Å². The van der Waals surface area contributed by atoms with Gasteiger partial charge in [0.1, 0.15) is 16.9 Å². The van der Waals surface area contributed by atoms with E-state index in [1.807, 2.05) is 35.2 Å². The molecule has 1 N–H and O–H groups in total. The Hall–Kier alpha value is -3.02. The maximum atomic E-state index is 12.9. The van der Waals surface area contributed by atoms with E-state index in [2.05, 4.69) is 5.32 Å². The third-order valence-electron chi connectivity index (χ3n) is 6.25. The highest BCUT2D eigenvalue weighted by Crippen LogP contribution is 2.37. The van der Waals surface area contributed by atoms with Crippen LogP contribution >= 0.6 is 0 Å².